The predicted molar refractivity (Wildman–Crippen MR) is 91.4 cm³/mol. The summed E-state index contributed by atoms with van der Waals surface area (Å²) in [7, 11) is 0. The van der Waals surface area contributed by atoms with E-state index in [1.807, 2.05) is 0 Å². The van der Waals surface area contributed by atoms with Gasteiger partial charge >= 0.3 is 11.7 Å². The Bertz CT molecular complexity index is 908. The number of hydrogen-bond acceptors (Lipinski definition) is 8. The lowest BCUT2D eigenvalue weighted by Gasteiger charge is -2.07. The van der Waals surface area contributed by atoms with Crippen LogP contribution in [0.4, 0.5) is 5.69 Å². The monoisotopic (exact) mass is 373 g/mol. The third-order valence-electron chi connectivity index (χ3n) is 3.72. The first kappa shape index (κ1) is 18.2. The second-order valence-corrected chi connectivity index (χ2v) is 5.44. The molecule has 0 unspecified atom stereocenters. The van der Waals surface area contributed by atoms with Crippen LogP contribution in [0, 0.1) is 10.1 Å². The van der Waals surface area contributed by atoms with E-state index in [4.69, 9.17) is 18.9 Å². The zero-order chi connectivity index (χ0) is 19.4. The lowest BCUT2D eigenvalue weighted by atomic mass is 10.1. The molecule has 0 amide bonds. The molecule has 27 heavy (non-hydrogen) atoms. The molecule has 0 atom stereocenters. The fourth-order valence-corrected chi connectivity index (χ4v) is 2.43. The molecule has 0 spiro atoms. The van der Waals surface area contributed by atoms with E-state index in [0.717, 1.165) is 6.07 Å². The van der Waals surface area contributed by atoms with Gasteiger partial charge in [-0.25, -0.2) is 4.79 Å². The van der Waals surface area contributed by atoms with Gasteiger partial charge in [-0.15, -0.1) is 0 Å². The molecule has 1 heterocycles. The summed E-state index contributed by atoms with van der Waals surface area (Å²) in [6.45, 7) is 1.50. The predicted octanol–water partition coefficient (Wildman–Crippen LogP) is 2.76. The van der Waals surface area contributed by atoms with E-state index in [9.17, 15) is 19.7 Å². The highest BCUT2D eigenvalue weighted by molar-refractivity contribution is 6.00. The SMILES string of the molecule is CCOc1ccc(C(=O)OCC(=O)c2ccc3c(c2)OCO3)cc1[N+](=O)[O-]. The highest BCUT2D eigenvalue weighted by atomic mass is 16.7. The zero-order valence-electron chi connectivity index (χ0n) is 14.3. The van der Waals surface area contributed by atoms with Crippen molar-refractivity contribution in [2.24, 2.45) is 0 Å². The van der Waals surface area contributed by atoms with Crippen molar-refractivity contribution in [3.05, 3.63) is 57.6 Å². The number of benzene rings is 2. The highest BCUT2D eigenvalue weighted by Gasteiger charge is 2.21. The summed E-state index contributed by atoms with van der Waals surface area (Å²) in [6, 6.07) is 8.33. The van der Waals surface area contributed by atoms with Crippen LogP contribution in [0.15, 0.2) is 36.4 Å². The normalized spacial score (nSPS) is 11.7. The number of fused-ring (bicyclic) bond motifs is 1. The molecule has 1 aliphatic rings. The number of ketones is 1. The van der Waals surface area contributed by atoms with Crippen molar-refractivity contribution in [1.82, 2.24) is 0 Å². The maximum atomic E-state index is 12.2. The van der Waals surface area contributed by atoms with Crippen LogP contribution < -0.4 is 14.2 Å². The van der Waals surface area contributed by atoms with Crippen molar-refractivity contribution in [2.75, 3.05) is 20.0 Å². The summed E-state index contributed by atoms with van der Waals surface area (Å²) in [6.07, 6.45) is 0. The summed E-state index contributed by atoms with van der Waals surface area (Å²) >= 11 is 0. The number of ether oxygens (including phenoxy) is 4. The fraction of sp³-hybridized carbons (Fsp3) is 0.222. The summed E-state index contributed by atoms with van der Waals surface area (Å²) in [5, 5.41) is 11.1. The van der Waals surface area contributed by atoms with Gasteiger partial charge in [0.2, 0.25) is 6.79 Å². The number of esters is 1. The van der Waals surface area contributed by atoms with E-state index in [1.54, 1.807) is 13.0 Å². The topological polar surface area (TPSA) is 114 Å². The molecular weight excluding hydrogens is 358 g/mol. The Morgan fingerprint density at radius 1 is 1.11 bits per heavy atom. The number of hydrogen-bond donors (Lipinski definition) is 0. The molecule has 0 bridgehead atoms. The Kier molecular flexibility index (Phi) is 5.20. The van der Waals surface area contributed by atoms with E-state index in [2.05, 4.69) is 0 Å². The van der Waals surface area contributed by atoms with E-state index < -0.39 is 23.3 Å². The van der Waals surface area contributed by atoms with Crippen LogP contribution >= 0.6 is 0 Å². The molecule has 0 radical (unpaired) electrons. The Labute approximate surface area is 153 Å². The molecule has 0 saturated carbocycles. The number of nitrogens with zero attached hydrogens (tertiary/aromatic N) is 1. The minimum atomic E-state index is -0.852. The van der Waals surface area contributed by atoms with Gasteiger partial charge in [-0.1, -0.05) is 0 Å². The first-order valence-electron chi connectivity index (χ1n) is 8.00. The van der Waals surface area contributed by atoms with E-state index in [0.29, 0.717) is 17.1 Å². The first-order chi connectivity index (χ1) is 13.0. The maximum absolute atomic E-state index is 12.2. The Hall–Kier alpha value is -3.62. The Morgan fingerprint density at radius 2 is 1.85 bits per heavy atom. The van der Waals surface area contributed by atoms with Gasteiger partial charge in [-0.3, -0.25) is 14.9 Å². The van der Waals surface area contributed by atoms with Crippen LogP contribution in [0.3, 0.4) is 0 Å². The molecule has 0 aromatic heterocycles. The van der Waals surface area contributed by atoms with Crippen molar-refractivity contribution in [3.63, 3.8) is 0 Å². The van der Waals surface area contributed by atoms with Crippen molar-refractivity contribution < 1.29 is 33.5 Å². The van der Waals surface area contributed by atoms with Crippen molar-refractivity contribution >= 4 is 17.4 Å². The molecule has 0 N–H and O–H groups in total. The number of carbonyl (C=O) groups is 2. The minimum Gasteiger partial charge on any atom is -0.487 e. The number of carbonyl (C=O) groups excluding carboxylic acids is 2. The van der Waals surface area contributed by atoms with Gasteiger partial charge in [-0.05, 0) is 37.3 Å². The average molecular weight is 373 g/mol. The molecule has 0 aliphatic carbocycles. The summed E-state index contributed by atoms with van der Waals surface area (Å²) in [5.74, 6) is -0.271. The van der Waals surface area contributed by atoms with Crippen LogP contribution in [-0.2, 0) is 4.74 Å². The van der Waals surface area contributed by atoms with Crippen LogP contribution in [0.5, 0.6) is 17.2 Å². The van der Waals surface area contributed by atoms with E-state index in [1.165, 1.54) is 24.3 Å². The van der Waals surface area contributed by atoms with Gasteiger partial charge in [0.25, 0.3) is 0 Å². The molecule has 0 fully saturated rings. The van der Waals surface area contributed by atoms with Gasteiger partial charge in [0.05, 0.1) is 17.1 Å². The molecule has 1 aliphatic heterocycles. The largest absolute Gasteiger partial charge is 0.487 e. The van der Waals surface area contributed by atoms with Crippen molar-refractivity contribution in [3.8, 4) is 17.2 Å². The lowest BCUT2D eigenvalue weighted by Crippen LogP contribution is -2.14. The third-order valence-corrected chi connectivity index (χ3v) is 3.72. The maximum Gasteiger partial charge on any atom is 0.338 e. The van der Waals surface area contributed by atoms with Gasteiger partial charge in [0.15, 0.2) is 29.6 Å². The van der Waals surface area contributed by atoms with Gasteiger partial charge in [0, 0.05) is 11.6 Å². The smallest absolute Gasteiger partial charge is 0.338 e. The number of nitro groups is 1. The number of nitro benzene ring substituents is 1. The summed E-state index contributed by atoms with van der Waals surface area (Å²) < 4.78 is 20.5. The van der Waals surface area contributed by atoms with Crippen LogP contribution in [-0.4, -0.2) is 36.7 Å². The zero-order valence-corrected chi connectivity index (χ0v) is 14.3. The second kappa shape index (κ2) is 7.73. The van der Waals surface area contributed by atoms with Crippen LogP contribution in [0.25, 0.3) is 0 Å². The number of rotatable bonds is 7. The molecule has 2 aromatic carbocycles. The Balaban J connectivity index is 1.67. The molecule has 9 heteroatoms. The standard InChI is InChI=1S/C18H15NO8/c1-2-24-15-5-4-12(7-13(15)19(22)23)18(21)25-9-14(20)11-3-6-16-17(8-11)27-10-26-16/h3-8H,2,9-10H2,1H3. The van der Waals surface area contributed by atoms with E-state index in [-0.39, 0.29) is 30.4 Å². The molecule has 2 aromatic rings. The summed E-state index contributed by atoms with van der Waals surface area (Å²) in [4.78, 5) is 34.8. The first-order valence-corrected chi connectivity index (χ1v) is 8.00. The van der Waals surface area contributed by atoms with Crippen molar-refractivity contribution in [2.45, 2.75) is 6.92 Å². The second-order valence-electron chi connectivity index (χ2n) is 5.44. The lowest BCUT2D eigenvalue weighted by molar-refractivity contribution is -0.385. The Morgan fingerprint density at radius 3 is 2.59 bits per heavy atom. The van der Waals surface area contributed by atoms with Crippen LogP contribution in [0.2, 0.25) is 0 Å². The molecule has 9 nitrogen and oxygen atoms in total. The molecule has 3 rings (SSSR count). The van der Waals surface area contributed by atoms with E-state index >= 15 is 0 Å². The molecule has 0 saturated heterocycles. The quantitative estimate of drug-likeness (QED) is 0.315. The molecule has 140 valence electrons. The van der Waals surface area contributed by atoms with Gasteiger partial charge in [0.1, 0.15) is 0 Å². The van der Waals surface area contributed by atoms with Gasteiger partial charge in [-0.2, -0.15) is 0 Å². The van der Waals surface area contributed by atoms with Crippen molar-refractivity contribution in [1.29, 1.82) is 0 Å². The highest BCUT2D eigenvalue weighted by Crippen LogP contribution is 2.32. The fourth-order valence-electron chi connectivity index (χ4n) is 2.43. The summed E-state index contributed by atoms with van der Waals surface area (Å²) in [5.41, 5.74) is -0.109. The van der Waals surface area contributed by atoms with Gasteiger partial charge < -0.3 is 18.9 Å². The third kappa shape index (κ3) is 3.97. The average Bonchev–Trinajstić information content (AvgIpc) is 3.14. The minimum absolute atomic E-state index is 0.0514. The van der Waals surface area contributed by atoms with Crippen LogP contribution in [0.1, 0.15) is 27.6 Å². The molecular formula is C18H15NO8. The number of Topliss-reactive ketones (excluding diaryl/α,β-unsaturated/α-hetero) is 1.